The molecule has 0 aromatic heterocycles. The fraction of sp³-hybridized carbons (Fsp3) is 0.400. The summed E-state index contributed by atoms with van der Waals surface area (Å²) in [5.41, 5.74) is 5.62. The van der Waals surface area contributed by atoms with Crippen LogP contribution < -0.4 is 19.9 Å². The third-order valence-electron chi connectivity index (χ3n) is 2.04. The van der Waals surface area contributed by atoms with Crippen LogP contribution in [-0.2, 0) is 10.0 Å². The lowest BCUT2D eigenvalue weighted by atomic mass is 10.3. The van der Waals surface area contributed by atoms with E-state index in [0.717, 1.165) is 0 Å². The molecule has 1 aromatic carbocycles. The Balaban J connectivity index is 2.93. The number of nitrogens with two attached hydrogens (primary N) is 1. The van der Waals surface area contributed by atoms with E-state index in [-0.39, 0.29) is 12.3 Å². The highest BCUT2D eigenvalue weighted by Gasteiger charge is 2.11. The molecular formula is C10H16N2O4S. The van der Waals surface area contributed by atoms with Crippen molar-refractivity contribution in [2.75, 3.05) is 31.2 Å². The Morgan fingerprint density at radius 3 is 2.41 bits per heavy atom. The van der Waals surface area contributed by atoms with Gasteiger partial charge in [-0.15, -0.1) is 0 Å². The van der Waals surface area contributed by atoms with Gasteiger partial charge < -0.3 is 15.2 Å². The third kappa shape index (κ3) is 3.79. The van der Waals surface area contributed by atoms with Gasteiger partial charge in [-0.05, 0) is 12.1 Å². The van der Waals surface area contributed by atoms with E-state index in [4.69, 9.17) is 15.2 Å². The second-order valence-corrected chi connectivity index (χ2v) is 5.12. The first-order valence-electron chi connectivity index (χ1n) is 4.95. The molecule has 0 aliphatic heterocycles. The fourth-order valence-corrected chi connectivity index (χ4v) is 2.18. The minimum atomic E-state index is -3.40. The topological polar surface area (TPSA) is 90.7 Å². The maximum Gasteiger partial charge on any atom is 0.233 e. The summed E-state index contributed by atoms with van der Waals surface area (Å²) in [6, 6.07) is 4.77. The maximum atomic E-state index is 11.5. The molecule has 0 amide bonds. The molecule has 0 fully saturated rings. The van der Waals surface area contributed by atoms with Gasteiger partial charge in [-0.2, -0.15) is 0 Å². The summed E-state index contributed by atoms with van der Waals surface area (Å²) in [7, 11) is -0.408. The summed E-state index contributed by atoms with van der Waals surface area (Å²) in [5, 5.41) is 0. The van der Waals surface area contributed by atoms with Crippen LogP contribution in [0.25, 0.3) is 0 Å². The number of ether oxygens (including phenoxy) is 2. The Morgan fingerprint density at radius 1 is 1.24 bits per heavy atom. The van der Waals surface area contributed by atoms with Gasteiger partial charge in [0.25, 0.3) is 0 Å². The first kappa shape index (κ1) is 13.6. The van der Waals surface area contributed by atoms with E-state index in [2.05, 4.69) is 4.72 Å². The molecule has 17 heavy (non-hydrogen) atoms. The maximum absolute atomic E-state index is 11.5. The van der Waals surface area contributed by atoms with Crippen LogP contribution in [0.5, 0.6) is 11.5 Å². The molecule has 0 heterocycles. The third-order valence-corrected chi connectivity index (χ3v) is 3.36. The number of hydrogen-bond donors (Lipinski definition) is 2. The summed E-state index contributed by atoms with van der Waals surface area (Å²) in [6.07, 6.45) is 0. The average molecular weight is 260 g/mol. The summed E-state index contributed by atoms with van der Waals surface area (Å²) in [5.74, 6) is 0.871. The largest absolute Gasteiger partial charge is 0.493 e. The molecule has 7 heteroatoms. The van der Waals surface area contributed by atoms with Gasteiger partial charge >= 0.3 is 0 Å². The van der Waals surface area contributed by atoms with Crippen molar-refractivity contribution < 1.29 is 17.9 Å². The zero-order valence-electron chi connectivity index (χ0n) is 9.76. The number of hydrogen-bond acceptors (Lipinski definition) is 5. The summed E-state index contributed by atoms with van der Waals surface area (Å²) < 4.78 is 35.5. The van der Waals surface area contributed by atoms with Gasteiger partial charge in [0.05, 0.1) is 25.7 Å². The monoisotopic (exact) mass is 260 g/mol. The molecule has 0 radical (unpaired) electrons. The number of methoxy groups -OCH3 is 2. The number of benzene rings is 1. The Morgan fingerprint density at radius 2 is 1.88 bits per heavy atom. The van der Waals surface area contributed by atoms with Crippen molar-refractivity contribution in [3.05, 3.63) is 18.2 Å². The first-order chi connectivity index (χ1) is 8.02. The lowest BCUT2D eigenvalue weighted by Gasteiger charge is -2.11. The van der Waals surface area contributed by atoms with Gasteiger partial charge in [-0.3, -0.25) is 4.72 Å². The summed E-state index contributed by atoms with van der Waals surface area (Å²) >= 11 is 0. The van der Waals surface area contributed by atoms with Gasteiger partial charge in [0.15, 0.2) is 11.5 Å². The number of nitrogens with one attached hydrogen (secondary N) is 1. The van der Waals surface area contributed by atoms with Crippen molar-refractivity contribution in [2.24, 2.45) is 5.73 Å². The van der Waals surface area contributed by atoms with Crippen molar-refractivity contribution >= 4 is 15.7 Å². The molecule has 1 aromatic rings. The fourth-order valence-electron chi connectivity index (χ4n) is 1.29. The van der Waals surface area contributed by atoms with E-state index in [0.29, 0.717) is 17.2 Å². The number of anilines is 1. The predicted molar refractivity (Wildman–Crippen MR) is 66.0 cm³/mol. The van der Waals surface area contributed by atoms with Crippen LogP contribution in [0.4, 0.5) is 5.69 Å². The molecule has 0 spiro atoms. The lowest BCUT2D eigenvalue weighted by molar-refractivity contribution is 0.355. The molecule has 0 saturated heterocycles. The molecule has 1 rings (SSSR count). The molecule has 0 unspecified atom stereocenters. The van der Waals surface area contributed by atoms with Crippen molar-refractivity contribution in [1.29, 1.82) is 0 Å². The van der Waals surface area contributed by atoms with Gasteiger partial charge in [0.1, 0.15) is 0 Å². The van der Waals surface area contributed by atoms with E-state index >= 15 is 0 Å². The minimum absolute atomic E-state index is 0.0720. The highest BCUT2D eigenvalue weighted by Crippen LogP contribution is 2.29. The summed E-state index contributed by atoms with van der Waals surface area (Å²) in [4.78, 5) is 0. The molecule has 0 aliphatic rings. The molecule has 0 saturated carbocycles. The number of sulfonamides is 1. The minimum Gasteiger partial charge on any atom is -0.493 e. The van der Waals surface area contributed by atoms with E-state index in [1.54, 1.807) is 18.2 Å². The van der Waals surface area contributed by atoms with Crippen LogP contribution in [0.1, 0.15) is 0 Å². The molecule has 0 bridgehead atoms. The van der Waals surface area contributed by atoms with Crippen molar-refractivity contribution in [2.45, 2.75) is 0 Å². The van der Waals surface area contributed by atoms with Crippen molar-refractivity contribution in [1.82, 2.24) is 0 Å². The van der Waals surface area contributed by atoms with Crippen LogP contribution in [-0.4, -0.2) is 34.9 Å². The highest BCUT2D eigenvalue weighted by molar-refractivity contribution is 7.92. The Labute approximate surface area is 101 Å². The highest BCUT2D eigenvalue weighted by atomic mass is 32.2. The Kier molecular flexibility index (Phi) is 4.59. The zero-order chi connectivity index (χ0) is 12.9. The smallest absolute Gasteiger partial charge is 0.233 e. The molecule has 0 aliphatic carbocycles. The van der Waals surface area contributed by atoms with Crippen molar-refractivity contribution in [3.63, 3.8) is 0 Å². The second kappa shape index (κ2) is 5.74. The molecule has 3 N–H and O–H groups in total. The quantitative estimate of drug-likeness (QED) is 0.772. The van der Waals surface area contributed by atoms with Gasteiger partial charge in [0.2, 0.25) is 10.0 Å². The standard InChI is InChI=1S/C10H16N2O4S/c1-15-9-4-3-8(7-10(9)16-2)12-17(13,14)6-5-11/h3-4,7,12H,5-6,11H2,1-2H3. The average Bonchev–Trinajstić information content (AvgIpc) is 2.28. The van der Waals surface area contributed by atoms with Crippen LogP contribution >= 0.6 is 0 Å². The van der Waals surface area contributed by atoms with E-state index in [1.165, 1.54) is 14.2 Å². The van der Waals surface area contributed by atoms with E-state index < -0.39 is 10.0 Å². The van der Waals surface area contributed by atoms with Gasteiger partial charge in [0, 0.05) is 12.6 Å². The second-order valence-electron chi connectivity index (χ2n) is 3.28. The molecule has 6 nitrogen and oxygen atoms in total. The molecular weight excluding hydrogens is 244 g/mol. The zero-order valence-corrected chi connectivity index (χ0v) is 10.6. The van der Waals surface area contributed by atoms with E-state index in [1.807, 2.05) is 0 Å². The Bertz CT molecular complexity index is 473. The van der Waals surface area contributed by atoms with Crippen LogP contribution in [0.15, 0.2) is 18.2 Å². The summed E-state index contributed by atoms with van der Waals surface area (Å²) in [6.45, 7) is 0.0720. The van der Waals surface area contributed by atoms with Crippen LogP contribution in [0.2, 0.25) is 0 Å². The molecule has 96 valence electrons. The van der Waals surface area contributed by atoms with Gasteiger partial charge in [-0.1, -0.05) is 0 Å². The number of rotatable bonds is 6. The first-order valence-corrected chi connectivity index (χ1v) is 6.60. The van der Waals surface area contributed by atoms with Crippen LogP contribution in [0.3, 0.4) is 0 Å². The van der Waals surface area contributed by atoms with E-state index in [9.17, 15) is 8.42 Å². The van der Waals surface area contributed by atoms with Crippen LogP contribution in [0, 0.1) is 0 Å². The normalized spacial score (nSPS) is 11.0. The SMILES string of the molecule is COc1ccc(NS(=O)(=O)CCN)cc1OC. The van der Waals surface area contributed by atoms with Crippen molar-refractivity contribution in [3.8, 4) is 11.5 Å². The van der Waals surface area contributed by atoms with Gasteiger partial charge in [-0.25, -0.2) is 8.42 Å². The lowest BCUT2D eigenvalue weighted by Crippen LogP contribution is -2.22. The Hall–Kier alpha value is -1.47. The predicted octanol–water partition coefficient (Wildman–Crippen LogP) is 0.404. The molecule has 0 atom stereocenters.